The molecular weight excluding hydrogens is 318 g/mol. The van der Waals surface area contributed by atoms with Crippen molar-refractivity contribution in [1.82, 2.24) is 14.7 Å². The standard InChI is InChI=1S/C19H29N3O3/c1-14-16(19(24-3)21(2)20-14)13-22-10-6-4-5-8-15(22)12-17(23)18-9-7-11-25-18/h7,9,11,15,17,23H,4-6,8,10,12-13H2,1-3H3. The molecule has 2 aromatic rings. The molecule has 0 amide bonds. The van der Waals surface area contributed by atoms with E-state index in [2.05, 4.69) is 10.00 Å². The SMILES string of the molecule is COc1c(CN2CCCCCC2CC(O)c2ccco2)c(C)nn1C. The molecule has 0 aliphatic carbocycles. The fourth-order valence-electron chi connectivity index (χ4n) is 3.89. The lowest BCUT2D eigenvalue weighted by molar-refractivity contribution is 0.0826. The number of aliphatic hydroxyl groups excluding tert-OH is 1. The molecule has 0 saturated carbocycles. The van der Waals surface area contributed by atoms with E-state index in [4.69, 9.17) is 9.15 Å². The van der Waals surface area contributed by atoms with E-state index < -0.39 is 6.10 Å². The van der Waals surface area contributed by atoms with Crippen LogP contribution in [0, 0.1) is 6.92 Å². The van der Waals surface area contributed by atoms with Crippen LogP contribution >= 0.6 is 0 Å². The quantitative estimate of drug-likeness (QED) is 0.869. The lowest BCUT2D eigenvalue weighted by Gasteiger charge is -2.31. The van der Waals surface area contributed by atoms with Crippen molar-refractivity contribution in [1.29, 1.82) is 0 Å². The van der Waals surface area contributed by atoms with Gasteiger partial charge < -0.3 is 14.3 Å². The van der Waals surface area contributed by atoms with E-state index in [1.165, 1.54) is 19.3 Å². The summed E-state index contributed by atoms with van der Waals surface area (Å²) in [4.78, 5) is 2.48. The molecule has 1 N–H and O–H groups in total. The first-order valence-electron chi connectivity index (χ1n) is 9.12. The van der Waals surface area contributed by atoms with Crippen molar-refractivity contribution in [2.24, 2.45) is 7.05 Å². The normalized spacial score (nSPS) is 20.4. The molecule has 2 aromatic heterocycles. The van der Waals surface area contributed by atoms with Gasteiger partial charge in [0.1, 0.15) is 11.9 Å². The first kappa shape index (κ1) is 18.0. The highest BCUT2D eigenvalue weighted by Gasteiger charge is 2.27. The van der Waals surface area contributed by atoms with Crippen molar-refractivity contribution in [2.75, 3.05) is 13.7 Å². The number of likely N-dealkylation sites (tertiary alicyclic amines) is 1. The fraction of sp³-hybridized carbons (Fsp3) is 0.632. The Morgan fingerprint density at radius 1 is 1.40 bits per heavy atom. The smallest absolute Gasteiger partial charge is 0.216 e. The second-order valence-corrected chi connectivity index (χ2v) is 6.94. The molecule has 3 rings (SSSR count). The average Bonchev–Trinajstić information content (AvgIpc) is 3.15. The van der Waals surface area contributed by atoms with Crippen LogP contribution in [0.4, 0.5) is 0 Å². The first-order valence-corrected chi connectivity index (χ1v) is 9.12. The number of methoxy groups -OCH3 is 1. The van der Waals surface area contributed by atoms with Crippen LogP contribution in [0.25, 0.3) is 0 Å². The molecule has 1 aliphatic rings. The van der Waals surface area contributed by atoms with Crippen molar-refractivity contribution in [3.63, 3.8) is 0 Å². The number of hydrogen-bond donors (Lipinski definition) is 1. The highest BCUT2D eigenvalue weighted by Crippen LogP contribution is 2.30. The molecule has 1 saturated heterocycles. The molecule has 138 valence electrons. The number of hydrogen-bond acceptors (Lipinski definition) is 5. The summed E-state index contributed by atoms with van der Waals surface area (Å²) in [5, 5.41) is 15.0. The molecule has 25 heavy (non-hydrogen) atoms. The third-order valence-corrected chi connectivity index (χ3v) is 5.21. The van der Waals surface area contributed by atoms with Gasteiger partial charge in [0.15, 0.2) is 0 Å². The predicted octanol–water partition coefficient (Wildman–Crippen LogP) is 3.20. The molecule has 0 aromatic carbocycles. The minimum Gasteiger partial charge on any atom is -0.481 e. The number of nitrogens with zero attached hydrogens (tertiary/aromatic N) is 3. The molecule has 1 aliphatic heterocycles. The van der Waals surface area contributed by atoms with Gasteiger partial charge in [-0.3, -0.25) is 4.90 Å². The Balaban J connectivity index is 1.76. The van der Waals surface area contributed by atoms with E-state index in [-0.39, 0.29) is 0 Å². The number of rotatable bonds is 6. The summed E-state index contributed by atoms with van der Waals surface area (Å²) in [6.07, 6.45) is 6.48. The van der Waals surface area contributed by atoms with Gasteiger partial charge in [-0.05, 0) is 44.9 Å². The maximum absolute atomic E-state index is 10.5. The number of aromatic nitrogens is 2. The zero-order chi connectivity index (χ0) is 17.8. The topological polar surface area (TPSA) is 63.7 Å². The van der Waals surface area contributed by atoms with Crippen molar-refractivity contribution in [3.8, 4) is 5.88 Å². The van der Waals surface area contributed by atoms with Crippen LogP contribution in [0.1, 0.15) is 55.2 Å². The molecule has 0 bridgehead atoms. The van der Waals surface area contributed by atoms with Gasteiger partial charge in [-0.1, -0.05) is 12.8 Å². The molecule has 1 fully saturated rings. The van der Waals surface area contributed by atoms with Crippen LogP contribution in [0.5, 0.6) is 5.88 Å². The first-order chi connectivity index (χ1) is 12.1. The van der Waals surface area contributed by atoms with Crippen LogP contribution in [0.3, 0.4) is 0 Å². The van der Waals surface area contributed by atoms with E-state index in [0.717, 1.165) is 36.6 Å². The molecule has 0 radical (unpaired) electrons. The predicted molar refractivity (Wildman–Crippen MR) is 95.4 cm³/mol. The summed E-state index contributed by atoms with van der Waals surface area (Å²) in [5.41, 5.74) is 2.15. The summed E-state index contributed by atoms with van der Waals surface area (Å²) >= 11 is 0. The Labute approximate surface area is 149 Å². The summed E-state index contributed by atoms with van der Waals surface area (Å²) in [5.74, 6) is 1.48. The van der Waals surface area contributed by atoms with Gasteiger partial charge in [0.05, 0.1) is 24.6 Å². The lowest BCUT2D eigenvalue weighted by atomic mass is 10.0. The molecule has 0 spiro atoms. The van der Waals surface area contributed by atoms with E-state index in [0.29, 0.717) is 18.2 Å². The van der Waals surface area contributed by atoms with Crippen LogP contribution in [0.15, 0.2) is 22.8 Å². The van der Waals surface area contributed by atoms with Gasteiger partial charge in [0.2, 0.25) is 5.88 Å². The Kier molecular flexibility index (Phi) is 5.81. The third kappa shape index (κ3) is 4.07. The Morgan fingerprint density at radius 2 is 2.24 bits per heavy atom. The number of aryl methyl sites for hydroxylation is 2. The summed E-state index contributed by atoms with van der Waals surface area (Å²) in [7, 11) is 3.61. The van der Waals surface area contributed by atoms with Gasteiger partial charge in [0.25, 0.3) is 0 Å². The lowest BCUT2D eigenvalue weighted by Crippen LogP contribution is -2.35. The molecule has 2 atom stereocenters. The van der Waals surface area contributed by atoms with E-state index in [1.807, 2.05) is 26.1 Å². The highest BCUT2D eigenvalue weighted by atomic mass is 16.5. The van der Waals surface area contributed by atoms with Crippen molar-refractivity contribution < 1.29 is 14.3 Å². The third-order valence-electron chi connectivity index (χ3n) is 5.21. The molecule has 6 nitrogen and oxygen atoms in total. The molecule has 2 unspecified atom stereocenters. The number of ether oxygens (including phenoxy) is 1. The van der Waals surface area contributed by atoms with Crippen LogP contribution < -0.4 is 4.74 Å². The Morgan fingerprint density at radius 3 is 2.96 bits per heavy atom. The van der Waals surface area contributed by atoms with Gasteiger partial charge in [-0.2, -0.15) is 5.10 Å². The minimum atomic E-state index is -0.558. The summed E-state index contributed by atoms with van der Waals surface area (Å²) < 4.78 is 12.7. The average molecular weight is 347 g/mol. The van der Waals surface area contributed by atoms with Crippen LogP contribution in [-0.4, -0.2) is 39.5 Å². The highest BCUT2D eigenvalue weighted by molar-refractivity contribution is 5.31. The van der Waals surface area contributed by atoms with Gasteiger partial charge in [0, 0.05) is 19.6 Å². The number of furan rings is 1. The van der Waals surface area contributed by atoms with E-state index in [1.54, 1.807) is 18.1 Å². The largest absolute Gasteiger partial charge is 0.481 e. The minimum absolute atomic E-state index is 0.326. The van der Waals surface area contributed by atoms with Gasteiger partial charge in [-0.15, -0.1) is 0 Å². The zero-order valence-electron chi connectivity index (χ0n) is 15.4. The van der Waals surface area contributed by atoms with Crippen LogP contribution in [-0.2, 0) is 13.6 Å². The molecular formula is C19H29N3O3. The monoisotopic (exact) mass is 347 g/mol. The maximum Gasteiger partial charge on any atom is 0.216 e. The number of aliphatic hydroxyl groups is 1. The zero-order valence-corrected chi connectivity index (χ0v) is 15.4. The Bertz CT molecular complexity index is 666. The second-order valence-electron chi connectivity index (χ2n) is 6.94. The van der Waals surface area contributed by atoms with Crippen LogP contribution in [0.2, 0.25) is 0 Å². The van der Waals surface area contributed by atoms with E-state index in [9.17, 15) is 5.11 Å². The molecule has 3 heterocycles. The van der Waals surface area contributed by atoms with Crippen molar-refractivity contribution in [2.45, 2.75) is 57.7 Å². The van der Waals surface area contributed by atoms with Gasteiger partial charge in [-0.25, -0.2) is 4.68 Å². The maximum atomic E-state index is 10.5. The second kappa shape index (κ2) is 8.06. The Hall–Kier alpha value is -1.79. The fourth-order valence-corrected chi connectivity index (χ4v) is 3.89. The van der Waals surface area contributed by atoms with Gasteiger partial charge >= 0.3 is 0 Å². The summed E-state index contributed by atoms with van der Waals surface area (Å²) in [6, 6.07) is 4.00. The van der Waals surface area contributed by atoms with Crippen molar-refractivity contribution >= 4 is 0 Å². The van der Waals surface area contributed by atoms with E-state index >= 15 is 0 Å². The summed E-state index contributed by atoms with van der Waals surface area (Å²) in [6.45, 7) is 3.87. The molecule has 6 heteroatoms. The van der Waals surface area contributed by atoms with Crippen molar-refractivity contribution in [3.05, 3.63) is 35.4 Å².